The van der Waals surface area contributed by atoms with E-state index in [1.54, 1.807) is 0 Å². The summed E-state index contributed by atoms with van der Waals surface area (Å²) in [7, 11) is 0. The van der Waals surface area contributed by atoms with Crippen molar-refractivity contribution in [3.05, 3.63) is 23.5 Å². The lowest BCUT2D eigenvalue weighted by Crippen LogP contribution is -2.34. The number of fused-ring (bicyclic) bond motifs is 1. The summed E-state index contributed by atoms with van der Waals surface area (Å²) in [6, 6.07) is 1.54. The molecule has 1 unspecified atom stereocenters. The van der Waals surface area contributed by atoms with Crippen molar-refractivity contribution in [2.24, 2.45) is 5.41 Å². The summed E-state index contributed by atoms with van der Waals surface area (Å²) >= 11 is 0. The van der Waals surface area contributed by atoms with E-state index in [4.69, 9.17) is 0 Å². The van der Waals surface area contributed by atoms with Gasteiger partial charge in [-0.25, -0.2) is 8.78 Å². The molecule has 1 aliphatic rings. The van der Waals surface area contributed by atoms with Crippen molar-refractivity contribution >= 4 is 0 Å². The van der Waals surface area contributed by atoms with Crippen molar-refractivity contribution in [2.75, 3.05) is 0 Å². The van der Waals surface area contributed by atoms with E-state index < -0.39 is 25.0 Å². The molecule has 6 heteroatoms. The number of halogens is 4. The van der Waals surface area contributed by atoms with E-state index in [2.05, 4.69) is 0 Å². The monoisotopic (exact) mass is 279 g/mol. The topological polar surface area (TPSA) is 25.2 Å². The number of aromatic nitrogens is 1. The molecule has 0 radical (unpaired) electrons. The predicted molar refractivity (Wildman–Crippen MR) is 62.4 cm³/mol. The molecule has 1 atom stereocenters. The van der Waals surface area contributed by atoms with Crippen LogP contribution < -0.4 is 0 Å². The molecule has 0 aromatic carbocycles. The van der Waals surface area contributed by atoms with Crippen LogP contribution in [0.25, 0.3) is 0 Å². The highest BCUT2D eigenvalue weighted by molar-refractivity contribution is 5.29. The highest BCUT2D eigenvalue weighted by Gasteiger charge is 2.42. The fraction of sp³-hybridized carbons (Fsp3) is 0.692. The highest BCUT2D eigenvalue weighted by atomic mass is 19.3. The van der Waals surface area contributed by atoms with Crippen LogP contribution in [0.2, 0.25) is 0 Å². The molecule has 0 aliphatic heterocycles. The zero-order chi connectivity index (χ0) is 14.4. The minimum Gasteiger partial charge on any atom is -0.388 e. The van der Waals surface area contributed by atoms with Gasteiger partial charge in [-0.1, -0.05) is 13.8 Å². The second-order valence-corrected chi connectivity index (χ2v) is 5.97. The normalized spacial score (nSPS) is 22.6. The third-order valence-corrected chi connectivity index (χ3v) is 3.57. The fourth-order valence-corrected chi connectivity index (χ4v) is 2.63. The first-order chi connectivity index (χ1) is 8.62. The summed E-state index contributed by atoms with van der Waals surface area (Å²) in [5.41, 5.74) is 0.872. The maximum atomic E-state index is 13.1. The van der Waals surface area contributed by atoms with Crippen LogP contribution in [-0.2, 0) is 13.0 Å². The largest absolute Gasteiger partial charge is 0.388 e. The minimum absolute atomic E-state index is 0.233. The molecule has 1 aliphatic carbocycles. The fourth-order valence-electron chi connectivity index (χ4n) is 2.63. The zero-order valence-corrected chi connectivity index (χ0v) is 10.8. The number of hydrogen-bond acceptors (Lipinski definition) is 1. The Hall–Kier alpha value is -1.04. The maximum Gasteiger partial charge on any atom is 0.324 e. The zero-order valence-electron chi connectivity index (χ0n) is 10.8. The first-order valence-corrected chi connectivity index (χ1v) is 6.14. The van der Waals surface area contributed by atoms with E-state index in [-0.39, 0.29) is 5.41 Å². The van der Waals surface area contributed by atoms with Crippen LogP contribution in [0, 0.1) is 5.41 Å². The predicted octanol–water partition coefficient (Wildman–Crippen LogP) is 3.39. The van der Waals surface area contributed by atoms with E-state index in [0.717, 1.165) is 4.57 Å². The minimum atomic E-state index is -4.06. The summed E-state index contributed by atoms with van der Waals surface area (Å²) < 4.78 is 51.9. The summed E-state index contributed by atoms with van der Waals surface area (Å²) in [5, 5.41) is 9.97. The Bertz CT molecular complexity index is 467. The van der Waals surface area contributed by atoms with Gasteiger partial charge in [0.2, 0.25) is 0 Å². The summed E-state index contributed by atoms with van der Waals surface area (Å²) in [6.07, 6.45) is -2.03. The highest BCUT2D eigenvalue weighted by Crippen LogP contribution is 2.41. The van der Waals surface area contributed by atoms with Crippen LogP contribution in [-0.4, -0.2) is 22.0 Å². The van der Waals surface area contributed by atoms with Crippen molar-refractivity contribution in [1.29, 1.82) is 0 Å². The lowest BCUT2D eigenvalue weighted by Gasteiger charge is -2.34. The van der Waals surface area contributed by atoms with E-state index in [1.807, 2.05) is 13.8 Å². The molecular weight excluding hydrogens is 262 g/mol. The Morgan fingerprint density at radius 2 is 2.11 bits per heavy atom. The number of aliphatic hydroxyl groups is 1. The van der Waals surface area contributed by atoms with Gasteiger partial charge >= 0.3 is 12.3 Å². The van der Waals surface area contributed by atoms with Crippen LogP contribution in [0.3, 0.4) is 0 Å². The van der Waals surface area contributed by atoms with Gasteiger partial charge < -0.3 is 9.67 Å². The molecule has 2 rings (SSSR count). The maximum absolute atomic E-state index is 13.1. The van der Waals surface area contributed by atoms with Crippen LogP contribution in [0.4, 0.5) is 17.6 Å². The second kappa shape index (κ2) is 4.51. The standard InChI is InChI=1S/C13H17F4NO/c1-12(2)5-9-8(10(19)6-12)3-4-18(9)7-13(16,17)11(14)15/h3-4,10-11,19H,5-7H2,1-2H3. The van der Waals surface area contributed by atoms with Crippen molar-refractivity contribution in [3.63, 3.8) is 0 Å². The quantitative estimate of drug-likeness (QED) is 0.843. The van der Waals surface area contributed by atoms with E-state index in [0.29, 0.717) is 24.1 Å². The smallest absolute Gasteiger partial charge is 0.324 e. The van der Waals surface area contributed by atoms with Gasteiger partial charge in [-0.05, 0) is 24.3 Å². The second-order valence-electron chi connectivity index (χ2n) is 5.97. The number of alkyl halides is 4. The Balaban J connectivity index is 2.31. The number of aliphatic hydroxyl groups excluding tert-OH is 1. The third kappa shape index (κ3) is 2.78. The molecule has 0 spiro atoms. The van der Waals surface area contributed by atoms with E-state index in [9.17, 15) is 22.7 Å². The van der Waals surface area contributed by atoms with Crippen LogP contribution in [0.15, 0.2) is 12.3 Å². The van der Waals surface area contributed by atoms with Crippen molar-refractivity contribution in [2.45, 2.75) is 51.7 Å². The molecule has 1 heterocycles. The Labute approximate surface area is 109 Å². The van der Waals surface area contributed by atoms with Gasteiger partial charge in [-0.3, -0.25) is 0 Å². The Morgan fingerprint density at radius 1 is 1.47 bits per heavy atom. The van der Waals surface area contributed by atoms with Gasteiger partial charge in [0.25, 0.3) is 0 Å². The van der Waals surface area contributed by atoms with E-state index >= 15 is 0 Å². The van der Waals surface area contributed by atoms with Gasteiger partial charge in [-0.2, -0.15) is 8.78 Å². The molecule has 2 nitrogen and oxygen atoms in total. The molecule has 19 heavy (non-hydrogen) atoms. The van der Waals surface area contributed by atoms with Crippen LogP contribution in [0.5, 0.6) is 0 Å². The molecule has 0 saturated heterocycles. The van der Waals surface area contributed by atoms with Crippen molar-refractivity contribution < 1.29 is 22.7 Å². The lowest BCUT2D eigenvalue weighted by atomic mass is 9.75. The van der Waals surface area contributed by atoms with Crippen LogP contribution >= 0.6 is 0 Å². The SMILES string of the molecule is CC1(C)Cc2c(ccn2CC(F)(F)C(F)F)C(O)C1. The van der Waals surface area contributed by atoms with Gasteiger partial charge in [0.15, 0.2) is 0 Å². The number of nitrogens with zero attached hydrogens (tertiary/aromatic N) is 1. The van der Waals surface area contributed by atoms with Crippen LogP contribution in [0.1, 0.15) is 37.6 Å². The Morgan fingerprint density at radius 3 is 2.68 bits per heavy atom. The molecule has 0 fully saturated rings. The number of hydrogen-bond donors (Lipinski definition) is 1. The molecule has 1 aromatic rings. The van der Waals surface area contributed by atoms with Crippen molar-refractivity contribution in [3.8, 4) is 0 Å². The summed E-state index contributed by atoms with van der Waals surface area (Å²) in [4.78, 5) is 0. The van der Waals surface area contributed by atoms with Gasteiger partial charge in [-0.15, -0.1) is 0 Å². The average molecular weight is 279 g/mol. The molecule has 0 amide bonds. The summed E-state index contributed by atoms with van der Waals surface area (Å²) in [6.45, 7) is 2.78. The lowest BCUT2D eigenvalue weighted by molar-refractivity contribution is -0.138. The summed E-state index contributed by atoms with van der Waals surface area (Å²) in [5.74, 6) is -4.06. The van der Waals surface area contributed by atoms with Gasteiger partial charge in [0.05, 0.1) is 12.6 Å². The third-order valence-electron chi connectivity index (χ3n) is 3.57. The van der Waals surface area contributed by atoms with Gasteiger partial charge in [0.1, 0.15) is 0 Å². The molecule has 0 bridgehead atoms. The molecule has 1 N–H and O–H groups in total. The Kier molecular flexibility index (Phi) is 3.41. The molecule has 108 valence electrons. The first kappa shape index (κ1) is 14.4. The van der Waals surface area contributed by atoms with Crippen molar-refractivity contribution in [1.82, 2.24) is 4.57 Å². The molecular formula is C13H17F4NO. The number of rotatable bonds is 3. The average Bonchev–Trinajstić information content (AvgIpc) is 2.59. The molecule has 0 saturated carbocycles. The first-order valence-electron chi connectivity index (χ1n) is 6.14. The molecule has 1 aromatic heterocycles. The van der Waals surface area contributed by atoms with Gasteiger partial charge in [0, 0.05) is 17.5 Å². The van der Waals surface area contributed by atoms with E-state index in [1.165, 1.54) is 12.3 Å².